The number of amides is 1. The molecule has 3 heterocycles. The first-order valence-corrected chi connectivity index (χ1v) is 11.4. The van der Waals surface area contributed by atoms with E-state index in [9.17, 15) is 10.1 Å². The third kappa shape index (κ3) is 4.34. The summed E-state index contributed by atoms with van der Waals surface area (Å²) >= 11 is 1.27. The Morgan fingerprint density at radius 2 is 1.74 bits per heavy atom. The Hall–Kier alpha value is -4.92. The average molecular weight is 473 g/mol. The number of hydrogen-bond acceptors (Lipinski definition) is 7. The van der Waals surface area contributed by atoms with Crippen molar-refractivity contribution in [3.63, 3.8) is 0 Å². The Balaban J connectivity index is 1.46. The molecule has 8 heteroatoms. The van der Waals surface area contributed by atoms with Crippen LogP contribution in [0, 0.1) is 29.6 Å². The summed E-state index contributed by atoms with van der Waals surface area (Å²) in [6.07, 6.45) is 1.52. The molecule has 0 unspecified atom stereocenters. The van der Waals surface area contributed by atoms with E-state index in [-0.39, 0.29) is 5.91 Å². The number of nitrogens with one attached hydrogen (secondary N) is 1. The number of carbonyl (C=O) groups is 1. The molecule has 5 rings (SSSR count). The fraction of sp³-hybridized carbons (Fsp3) is 0.0370. The third-order valence-corrected chi connectivity index (χ3v) is 6.29. The molecule has 166 valence electrons. The van der Waals surface area contributed by atoms with Gasteiger partial charge in [0.05, 0.1) is 34.5 Å². The van der Waals surface area contributed by atoms with Crippen molar-refractivity contribution in [3.05, 3.63) is 95.3 Å². The first-order valence-electron chi connectivity index (χ1n) is 10.6. The number of benzene rings is 2. The number of carbonyl (C=O) groups excluding carboxylic acids is 1. The zero-order valence-corrected chi connectivity index (χ0v) is 19.3. The summed E-state index contributed by atoms with van der Waals surface area (Å²) in [5.41, 5.74) is 5.76. The second kappa shape index (κ2) is 9.14. The van der Waals surface area contributed by atoms with Crippen molar-refractivity contribution in [1.82, 2.24) is 15.0 Å². The van der Waals surface area contributed by atoms with E-state index in [0.717, 1.165) is 17.0 Å². The van der Waals surface area contributed by atoms with E-state index < -0.39 is 0 Å². The van der Waals surface area contributed by atoms with Crippen LogP contribution in [0.15, 0.2) is 72.9 Å². The molecule has 35 heavy (non-hydrogen) atoms. The maximum atomic E-state index is 13.2. The molecule has 0 atom stereocenters. The lowest BCUT2D eigenvalue weighted by atomic mass is 9.96. The number of rotatable bonds is 4. The smallest absolute Gasteiger partial charge is 0.259 e. The molecule has 5 aromatic rings. The van der Waals surface area contributed by atoms with Gasteiger partial charge in [-0.2, -0.15) is 10.5 Å². The number of aromatic nitrogens is 3. The fourth-order valence-electron chi connectivity index (χ4n) is 3.69. The third-order valence-electron chi connectivity index (χ3n) is 5.41. The molecule has 7 nitrogen and oxygen atoms in total. The van der Waals surface area contributed by atoms with E-state index in [1.54, 1.807) is 30.3 Å². The normalized spacial score (nSPS) is 10.5. The van der Waals surface area contributed by atoms with Gasteiger partial charge in [-0.15, -0.1) is 0 Å². The summed E-state index contributed by atoms with van der Waals surface area (Å²) in [7, 11) is 0. The van der Waals surface area contributed by atoms with Crippen molar-refractivity contribution >= 4 is 32.7 Å². The highest BCUT2D eigenvalue weighted by molar-refractivity contribution is 7.22. The maximum Gasteiger partial charge on any atom is 0.259 e. The highest BCUT2D eigenvalue weighted by Gasteiger charge is 2.18. The highest BCUT2D eigenvalue weighted by Crippen LogP contribution is 2.30. The topological polar surface area (TPSA) is 115 Å². The van der Waals surface area contributed by atoms with Gasteiger partial charge in [-0.25, -0.2) is 9.97 Å². The van der Waals surface area contributed by atoms with E-state index >= 15 is 0 Å². The zero-order chi connectivity index (χ0) is 24.4. The van der Waals surface area contributed by atoms with Gasteiger partial charge in [0, 0.05) is 23.0 Å². The van der Waals surface area contributed by atoms with Crippen molar-refractivity contribution in [2.45, 2.75) is 6.92 Å². The van der Waals surface area contributed by atoms with E-state index in [2.05, 4.69) is 32.4 Å². The first-order chi connectivity index (χ1) is 17.1. The van der Waals surface area contributed by atoms with Gasteiger partial charge < -0.3 is 0 Å². The molecule has 1 amide bonds. The van der Waals surface area contributed by atoms with E-state index in [1.807, 2.05) is 43.3 Å². The molecule has 0 aliphatic heterocycles. The lowest BCUT2D eigenvalue weighted by molar-refractivity contribution is 0.102. The van der Waals surface area contributed by atoms with Crippen LogP contribution in [0.1, 0.15) is 27.2 Å². The first kappa shape index (κ1) is 21.9. The van der Waals surface area contributed by atoms with Crippen molar-refractivity contribution in [3.8, 4) is 34.5 Å². The van der Waals surface area contributed by atoms with Crippen LogP contribution in [0.25, 0.3) is 32.7 Å². The summed E-state index contributed by atoms with van der Waals surface area (Å²) in [4.78, 5) is 27.4. The SMILES string of the molecule is Cc1cc(-c2ccccc2C#N)c(C(=O)Nc2nc3ccc(-c4ccc(C#N)cc4)nc3s2)cn1. The second-order valence-electron chi connectivity index (χ2n) is 7.71. The van der Waals surface area contributed by atoms with Crippen LogP contribution in [0.4, 0.5) is 5.13 Å². The zero-order valence-electron chi connectivity index (χ0n) is 18.5. The number of pyridine rings is 2. The molecule has 0 bridgehead atoms. The number of hydrogen-bond donors (Lipinski definition) is 1. The average Bonchev–Trinajstić information content (AvgIpc) is 3.30. The number of thiazole rings is 1. The summed E-state index contributed by atoms with van der Waals surface area (Å²) < 4.78 is 0. The number of nitriles is 2. The molecule has 0 spiro atoms. The van der Waals surface area contributed by atoms with E-state index in [4.69, 9.17) is 5.26 Å². The van der Waals surface area contributed by atoms with E-state index in [1.165, 1.54) is 17.5 Å². The maximum absolute atomic E-state index is 13.2. The number of nitrogens with zero attached hydrogens (tertiary/aromatic N) is 5. The summed E-state index contributed by atoms with van der Waals surface area (Å²) in [6, 6.07) is 24.1. The molecule has 0 radical (unpaired) electrons. The van der Waals surface area contributed by atoms with Crippen molar-refractivity contribution < 1.29 is 4.79 Å². The number of anilines is 1. The minimum atomic E-state index is -0.369. The number of fused-ring (bicyclic) bond motifs is 1. The van der Waals surface area contributed by atoms with E-state index in [0.29, 0.717) is 43.3 Å². The van der Waals surface area contributed by atoms with Crippen LogP contribution in [-0.4, -0.2) is 20.9 Å². The van der Waals surface area contributed by atoms with Crippen LogP contribution in [0.2, 0.25) is 0 Å². The van der Waals surface area contributed by atoms with Crippen LogP contribution < -0.4 is 5.32 Å². The molecule has 0 saturated heterocycles. The molecule has 2 aromatic carbocycles. The minimum Gasteiger partial charge on any atom is -0.298 e. The van der Waals surface area contributed by atoms with Crippen LogP contribution in [0.5, 0.6) is 0 Å². The summed E-state index contributed by atoms with van der Waals surface area (Å²) in [6.45, 7) is 1.84. The van der Waals surface area contributed by atoms with Gasteiger partial charge in [0.2, 0.25) is 0 Å². The standard InChI is InChI=1S/C27H16N6OS/c1-16-12-21(20-5-3-2-4-19(20)14-29)22(15-30-16)25(34)33-27-32-24-11-10-23(31-26(24)35-27)18-8-6-17(13-28)7-9-18/h2-12,15H,1H3,(H,32,33,34). The van der Waals surface area contributed by atoms with Gasteiger partial charge >= 0.3 is 0 Å². The molecule has 1 N–H and O–H groups in total. The molecular formula is C27H16N6OS. The molecule has 0 fully saturated rings. The van der Waals surface area contributed by atoms with Gasteiger partial charge in [-0.1, -0.05) is 41.7 Å². The second-order valence-corrected chi connectivity index (χ2v) is 8.69. The Morgan fingerprint density at radius 1 is 0.943 bits per heavy atom. The van der Waals surface area contributed by atoms with Gasteiger partial charge in [0.15, 0.2) is 5.13 Å². The summed E-state index contributed by atoms with van der Waals surface area (Å²) in [5.74, 6) is -0.369. The van der Waals surface area contributed by atoms with Crippen molar-refractivity contribution in [2.75, 3.05) is 5.32 Å². The number of aryl methyl sites for hydroxylation is 1. The van der Waals surface area contributed by atoms with Crippen molar-refractivity contribution in [1.29, 1.82) is 10.5 Å². The van der Waals surface area contributed by atoms with Crippen LogP contribution in [-0.2, 0) is 0 Å². The van der Waals surface area contributed by atoms with Gasteiger partial charge in [0.1, 0.15) is 10.3 Å². The highest BCUT2D eigenvalue weighted by atomic mass is 32.1. The molecule has 3 aromatic heterocycles. The van der Waals surface area contributed by atoms with Gasteiger partial charge in [-0.05, 0) is 48.9 Å². The quantitative estimate of drug-likeness (QED) is 0.357. The largest absolute Gasteiger partial charge is 0.298 e. The Bertz CT molecular complexity index is 1680. The van der Waals surface area contributed by atoms with Crippen molar-refractivity contribution in [2.24, 2.45) is 0 Å². The monoisotopic (exact) mass is 472 g/mol. The molecular weight excluding hydrogens is 456 g/mol. The predicted octanol–water partition coefficient (Wildman–Crippen LogP) is 5.72. The molecule has 0 saturated carbocycles. The van der Waals surface area contributed by atoms with Gasteiger partial charge in [0.25, 0.3) is 5.91 Å². The Labute approximate surface area is 205 Å². The molecule has 0 aliphatic rings. The van der Waals surface area contributed by atoms with Crippen LogP contribution >= 0.6 is 11.3 Å². The Kier molecular flexibility index (Phi) is 5.72. The van der Waals surface area contributed by atoms with Gasteiger partial charge in [-0.3, -0.25) is 15.1 Å². The lowest BCUT2D eigenvalue weighted by Gasteiger charge is -2.11. The minimum absolute atomic E-state index is 0.351. The predicted molar refractivity (Wildman–Crippen MR) is 135 cm³/mol. The summed E-state index contributed by atoms with van der Waals surface area (Å²) in [5, 5.41) is 21.8. The Morgan fingerprint density at radius 3 is 2.51 bits per heavy atom. The molecule has 0 aliphatic carbocycles. The lowest BCUT2D eigenvalue weighted by Crippen LogP contribution is -2.14. The fourth-order valence-corrected chi connectivity index (χ4v) is 4.52. The van der Waals surface area contributed by atoms with Crippen LogP contribution in [0.3, 0.4) is 0 Å².